The fraction of sp³-hybridized carbons (Fsp3) is 0.500. The highest BCUT2D eigenvalue weighted by Gasteiger charge is 2.46. The summed E-state index contributed by atoms with van der Waals surface area (Å²) >= 11 is 0. The lowest BCUT2D eigenvalue weighted by atomic mass is 9.88. The fourth-order valence-electron chi connectivity index (χ4n) is 1.93. The van der Waals surface area contributed by atoms with Crippen LogP contribution in [-0.2, 0) is 14.8 Å². The van der Waals surface area contributed by atoms with Gasteiger partial charge in [-0.25, -0.2) is 4.99 Å². The monoisotopic (exact) mass is 350 g/mol. The smallest absolute Gasteiger partial charge is 0.475 e. The molecule has 1 aromatic carbocycles. The number of nitrogens with one attached hydrogen (secondary N) is 1. The van der Waals surface area contributed by atoms with Crippen LogP contribution >= 0.6 is 0 Å². The molecule has 1 aromatic rings. The third kappa shape index (κ3) is 3.77. The summed E-state index contributed by atoms with van der Waals surface area (Å²) in [7, 11) is -5.51. The highest BCUT2D eigenvalue weighted by Crippen LogP contribution is 2.31. The molecule has 0 unspecified atom stereocenters. The number of nitrogens with zero attached hydrogens (tertiary/aromatic N) is 1. The molecule has 1 aliphatic heterocycles. The molecule has 0 aromatic heterocycles. The highest BCUT2D eigenvalue weighted by molar-refractivity contribution is 7.93. The van der Waals surface area contributed by atoms with Gasteiger partial charge >= 0.3 is 15.5 Å². The molecular formula is C14H17F3N2O3S. The van der Waals surface area contributed by atoms with Gasteiger partial charge in [0.1, 0.15) is 6.61 Å². The first-order valence-electron chi connectivity index (χ1n) is 6.81. The maximum atomic E-state index is 12.5. The first-order valence-corrected chi connectivity index (χ1v) is 8.29. The lowest BCUT2D eigenvalue weighted by Gasteiger charge is -2.21. The average molecular weight is 350 g/mol. The molecule has 5 nitrogen and oxygen atoms in total. The van der Waals surface area contributed by atoms with Crippen molar-refractivity contribution in [1.82, 2.24) is 0 Å². The Morgan fingerprint density at radius 3 is 2.35 bits per heavy atom. The predicted molar refractivity (Wildman–Crippen MR) is 80.8 cm³/mol. The zero-order valence-corrected chi connectivity index (χ0v) is 13.6. The van der Waals surface area contributed by atoms with Gasteiger partial charge in [-0.1, -0.05) is 32.9 Å². The van der Waals surface area contributed by atoms with Crippen LogP contribution in [0.15, 0.2) is 29.3 Å². The van der Waals surface area contributed by atoms with Crippen molar-refractivity contribution in [2.45, 2.75) is 32.3 Å². The highest BCUT2D eigenvalue weighted by atomic mass is 32.2. The molecule has 9 heteroatoms. The van der Waals surface area contributed by atoms with Crippen molar-refractivity contribution < 1.29 is 26.3 Å². The molecule has 128 valence electrons. The van der Waals surface area contributed by atoms with Gasteiger partial charge in [0.05, 0.1) is 17.3 Å². The zero-order chi connectivity index (χ0) is 17.5. The maximum absolute atomic E-state index is 12.5. The molecule has 1 atom stereocenters. The third-order valence-corrected chi connectivity index (χ3v) is 4.46. The molecule has 0 fully saturated rings. The first kappa shape index (κ1) is 17.6. The van der Waals surface area contributed by atoms with Crippen LogP contribution in [0.4, 0.5) is 18.9 Å². The standard InChI is InChI=1S/C14H17F3N2O3S/c1-13(2,3)11-8-22-12(18-11)9-6-4-5-7-10(9)19-23(20,21)14(15,16)17/h4-7,11,19H,8H2,1-3H3/t11-/m1/s1. The minimum absolute atomic E-state index is 0.130. The predicted octanol–water partition coefficient (Wildman–Crippen LogP) is 3.14. The Balaban J connectivity index is 2.37. The van der Waals surface area contributed by atoms with Crippen LogP contribution in [0, 0.1) is 5.41 Å². The van der Waals surface area contributed by atoms with E-state index in [-0.39, 0.29) is 28.6 Å². The Morgan fingerprint density at radius 1 is 1.22 bits per heavy atom. The van der Waals surface area contributed by atoms with E-state index in [1.807, 2.05) is 20.8 Å². The summed E-state index contributed by atoms with van der Waals surface area (Å²) in [5, 5.41) is 0. The Kier molecular flexibility index (Phi) is 4.36. The summed E-state index contributed by atoms with van der Waals surface area (Å²) in [6.45, 7) is 6.18. The number of halogens is 3. The number of hydrogen-bond acceptors (Lipinski definition) is 4. The summed E-state index contributed by atoms with van der Waals surface area (Å²) in [6.07, 6.45) is 0. The molecule has 0 spiro atoms. The van der Waals surface area contributed by atoms with Gasteiger partial charge in [0, 0.05) is 0 Å². The average Bonchev–Trinajstić information content (AvgIpc) is 2.86. The molecule has 23 heavy (non-hydrogen) atoms. The maximum Gasteiger partial charge on any atom is 0.516 e. The number of alkyl halides is 3. The molecule has 0 radical (unpaired) electrons. The molecule has 1 N–H and O–H groups in total. The van der Waals surface area contributed by atoms with E-state index in [9.17, 15) is 21.6 Å². The Bertz CT molecular complexity index is 722. The summed E-state index contributed by atoms with van der Waals surface area (Å²) in [4.78, 5) is 4.36. The van der Waals surface area contributed by atoms with Crippen LogP contribution in [0.5, 0.6) is 0 Å². The molecule has 0 saturated carbocycles. The third-order valence-electron chi connectivity index (χ3n) is 3.36. The number of rotatable bonds is 3. The van der Waals surface area contributed by atoms with E-state index < -0.39 is 15.5 Å². The number of para-hydroxylation sites is 1. The van der Waals surface area contributed by atoms with E-state index in [1.165, 1.54) is 18.2 Å². The Hall–Kier alpha value is -1.77. The van der Waals surface area contributed by atoms with Crippen molar-refractivity contribution in [3.05, 3.63) is 29.8 Å². The van der Waals surface area contributed by atoms with E-state index >= 15 is 0 Å². The molecule has 1 aliphatic rings. The zero-order valence-electron chi connectivity index (χ0n) is 12.8. The summed E-state index contributed by atoms with van der Waals surface area (Å²) < 4.78 is 67.2. The van der Waals surface area contributed by atoms with Crippen molar-refractivity contribution in [2.75, 3.05) is 11.3 Å². The summed E-state index contributed by atoms with van der Waals surface area (Å²) in [5.74, 6) is 0.130. The lowest BCUT2D eigenvalue weighted by molar-refractivity contribution is -0.0429. The minimum atomic E-state index is -5.51. The largest absolute Gasteiger partial charge is 0.516 e. The van der Waals surface area contributed by atoms with Gasteiger partial charge in [-0.15, -0.1) is 0 Å². The fourth-order valence-corrected chi connectivity index (χ4v) is 2.51. The van der Waals surface area contributed by atoms with Gasteiger partial charge in [-0.2, -0.15) is 21.6 Å². The van der Waals surface area contributed by atoms with E-state index in [4.69, 9.17) is 4.74 Å². The van der Waals surface area contributed by atoms with Crippen molar-refractivity contribution in [3.8, 4) is 0 Å². The van der Waals surface area contributed by atoms with Gasteiger partial charge in [0.15, 0.2) is 0 Å². The van der Waals surface area contributed by atoms with Crippen LogP contribution in [0.25, 0.3) is 0 Å². The molecule has 0 bridgehead atoms. The topological polar surface area (TPSA) is 67.8 Å². The number of aliphatic imine (C=N–C) groups is 1. The van der Waals surface area contributed by atoms with Gasteiger partial charge in [0.2, 0.25) is 5.90 Å². The molecule has 0 amide bonds. The van der Waals surface area contributed by atoms with Crippen LogP contribution in [-0.4, -0.2) is 32.5 Å². The van der Waals surface area contributed by atoms with Crippen molar-refractivity contribution >= 4 is 21.6 Å². The van der Waals surface area contributed by atoms with Crippen LogP contribution < -0.4 is 4.72 Å². The second-order valence-electron chi connectivity index (χ2n) is 6.22. The number of sulfonamides is 1. The molecular weight excluding hydrogens is 333 g/mol. The molecule has 0 aliphatic carbocycles. The Morgan fingerprint density at radius 2 is 1.83 bits per heavy atom. The molecule has 2 rings (SSSR count). The van der Waals surface area contributed by atoms with Crippen LogP contribution in [0.3, 0.4) is 0 Å². The van der Waals surface area contributed by atoms with Crippen LogP contribution in [0.2, 0.25) is 0 Å². The number of anilines is 1. The van der Waals surface area contributed by atoms with Gasteiger partial charge < -0.3 is 4.74 Å². The normalized spacial score (nSPS) is 19.2. The SMILES string of the molecule is CC(C)(C)[C@H]1COC(c2ccccc2NS(=O)(=O)C(F)(F)F)=N1. The van der Waals surface area contributed by atoms with Gasteiger partial charge in [-0.3, -0.25) is 4.72 Å². The van der Waals surface area contributed by atoms with E-state index in [2.05, 4.69) is 4.99 Å². The lowest BCUT2D eigenvalue weighted by Crippen LogP contribution is -2.30. The summed E-state index contributed by atoms with van der Waals surface area (Å²) in [5.41, 5.74) is -5.63. The second kappa shape index (κ2) is 5.70. The Labute approximate surface area is 132 Å². The number of ether oxygens (including phenoxy) is 1. The molecule has 0 saturated heterocycles. The minimum Gasteiger partial charge on any atom is -0.475 e. The van der Waals surface area contributed by atoms with Crippen molar-refractivity contribution in [1.29, 1.82) is 0 Å². The molecule has 1 heterocycles. The second-order valence-corrected chi connectivity index (χ2v) is 7.90. The number of hydrogen-bond donors (Lipinski definition) is 1. The van der Waals surface area contributed by atoms with E-state index in [0.717, 1.165) is 0 Å². The summed E-state index contributed by atoms with van der Waals surface area (Å²) in [6, 6.07) is 5.52. The van der Waals surface area contributed by atoms with Crippen molar-refractivity contribution in [3.63, 3.8) is 0 Å². The van der Waals surface area contributed by atoms with Crippen molar-refractivity contribution in [2.24, 2.45) is 10.4 Å². The number of benzene rings is 1. The van der Waals surface area contributed by atoms with Gasteiger partial charge in [0.25, 0.3) is 0 Å². The first-order chi connectivity index (χ1) is 10.4. The van der Waals surface area contributed by atoms with E-state index in [0.29, 0.717) is 6.61 Å². The van der Waals surface area contributed by atoms with Crippen LogP contribution in [0.1, 0.15) is 26.3 Å². The van der Waals surface area contributed by atoms with Gasteiger partial charge in [-0.05, 0) is 17.5 Å². The quantitative estimate of drug-likeness (QED) is 0.911. The van der Waals surface area contributed by atoms with E-state index in [1.54, 1.807) is 10.8 Å².